The Bertz CT molecular complexity index is 584. The number of halogens is 1. The third kappa shape index (κ3) is 2.57. The van der Waals surface area contributed by atoms with E-state index >= 15 is 0 Å². The third-order valence-corrected chi connectivity index (χ3v) is 4.16. The van der Waals surface area contributed by atoms with Crippen LogP contribution in [0.15, 0.2) is 18.2 Å². The first-order valence-corrected chi connectivity index (χ1v) is 7.14. The molecule has 0 bridgehead atoms. The van der Waals surface area contributed by atoms with Crippen LogP contribution < -0.4 is 9.80 Å². The summed E-state index contributed by atoms with van der Waals surface area (Å²) in [5.41, 5.74) is 0.988. The summed E-state index contributed by atoms with van der Waals surface area (Å²) in [4.78, 5) is 26.2. The monoisotopic (exact) mass is 292 g/mol. The van der Waals surface area contributed by atoms with E-state index in [1.54, 1.807) is 12.1 Å². The van der Waals surface area contributed by atoms with E-state index in [0.717, 1.165) is 25.9 Å². The van der Waals surface area contributed by atoms with Crippen LogP contribution in [0, 0.1) is 11.7 Å². The number of carboxylic acids is 1. The second kappa shape index (κ2) is 5.35. The predicted molar refractivity (Wildman–Crippen MR) is 75.9 cm³/mol. The summed E-state index contributed by atoms with van der Waals surface area (Å²) in [5.74, 6) is -2.32. The van der Waals surface area contributed by atoms with Gasteiger partial charge in [0.15, 0.2) is 0 Å². The lowest BCUT2D eigenvalue weighted by molar-refractivity contribution is -0.141. The van der Waals surface area contributed by atoms with Gasteiger partial charge in [-0.3, -0.25) is 9.59 Å². The maximum absolute atomic E-state index is 14.2. The molecule has 1 amide bonds. The van der Waals surface area contributed by atoms with Crippen molar-refractivity contribution in [2.45, 2.75) is 19.3 Å². The molecule has 5 nitrogen and oxygen atoms in total. The summed E-state index contributed by atoms with van der Waals surface area (Å²) in [5, 5.41) is 8.98. The van der Waals surface area contributed by atoms with Crippen molar-refractivity contribution in [1.29, 1.82) is 0 Å². The summed E-state index contributed by atoms with van der Waals surface area (Å²) >= 11 is 0. The van der Waals surface area contributed by atoms with Crippen LogP contribution in [0.3, 0.4) is 0 Å². The summed E-state index contributed by atoms with van der Waals surface area (Å²) in [6.45, 7) is 1.80. The minimum atomic E-state index is -0.986. The average Bonchev–Trinajstić information content (AvgIpc) is 3.07. The maximum atomic E-state index is 14.2. The first-order chi connectivity index (χ1) is 10.1. The smallest absolute Gasteiger partial charge is 0.308 e. The molecule has 3 rings (SSSR count). The molecule has 2 saturated heterocycles. The molecule has 1 atom stereocenters. The number of carbonyl (C=O) groups is 2. The Morgan fingerprint density at radius 3 is 2.57 bits per heavy atom. The molecular weight excluding hydrogens is 275 g/mol. The molecule has 2 heterocycles. The predicted octanol–water partition coefficient (Wildman–Crippen LogP) is 1.86. The topological polar surface area (TPSA) is 60.9 Å². The zero-order valence-electron chi connectivity index (χ0n) is 11.6. The Morgan fingerprint density at radius 2 is 2.00 bits per heavy atom. The molecule has 0 saturated carbocycles. The maximum Gasteiger partial charge on any atom is 0.308 e. The van der Waals surface area contributed by atoms with E-state index in [2.05, 4.69) is 0 Å². The Hall–Kier alpha value is -2.11. The second-order valence-electron chi connectivity index (χ2n) is 5.57. The highest BCUT2D eigenvalue weighted by molar-refractivity contribution is 5.99. The molecule has 0 spiro atoms. The fourth-order valence-electron chi connectivity index (χ4n) is 3.00. The third-order valence-electron chi connectivity index (χ3n) is 4.16. The van der Waals surface area contributed by atoms with E-state index < -0.39 is 11.9 Å². The van der Waals surface area contributed by atoms with Gasteiger partial charge in [0.1, 0.15) is 5.82 Å². The standard InChI is InChI=1S/C15H17FN2O3/c16-12-8-11(3-4-13(12)17-5-1-2-6-17)18-9-10(15(20)21)7-14(18)19/h3-4,8,10H,1-2,5-7,9H2,(H,20,21). The first kappa shape index (κ1) is 13.9. The van der Waals surface area contributed by atoms with Gasteiger partial charge in [0.25, 0.3) is 0 Å². The van der Waals surface area contributed by atoms with Crippen LogP contribution in [0.5, 0.6) is 0 Å². The van der Waals surface area contributed by atoms with Crippen LogP contribution >= 0.6 is 0 Å². The molecule has 1 aromatic carbocycles. The van der Waals surface area contributed by atoms with E-state index in [1.807, 2.05) is 4.90 Å². The number of hydrogen-bond acceptors (Lipinski definition) is 3. The van der Waals surface area contributed by atoms with E-state index in [9.17, 15) is 14.0 Å². The van der Waals surface area contributed by atoms with E-state index in [-0.39, 0.29) is 24.7 Å². The quantitative estimate of drug-likeness (QED) is 0.924. The molecule has 0 radical (unpaired) electrons. The van der Waals surface area contributed by atoms with Gasteiger partial charge in [-0.2, -0.15) is 0 Å². The highest BCUT2D eigenvalue weighted by Gasteiger charge is 2.35. The molecule has 1 aromatic rings. The van der Waals surface area contributed by atoms with Crippen LogP contribution in [0.4, 0.5) is 15.8 Å². The van der Waals surface area contributed by atoms with Crippen molar-refractivity contribution in [3.05, 3.63) is 24.0 Å². The van der Waals surface area contributed by atoms with E-state index in [1.165, 1.54) is 11.0 Å². The number of aliphatic carboxylic acids is 1. The fourth-order valence-corrected chi connectivity index (χ4v) is 3.00. The molecule has 1 N–H and O–H groups in total. The zero-order valence-corrected chi connectivity index (χ0v) is 11.6. The molecule has 0 aromatic heterocycles. The van der Waals surface area contributed by atoms with Gasteiger partial charge in [0.2, 0.25) is 5.91 Å². The molecule has 6 heteroatoms. The largest absolute Gasteiger partial charge is 0.481 e. The molecule has 0 aliphatic carbocycles. The molecule has 2 aliphatic heterocycles. The lowest BCUT2D eigenvalue weighted by Gasteiger charge is -2.21. The fraction of sp³-hybridized carbons (Fsp3) is 0.467. The summed E-state index contributed by atoms with van der Waals surface area (Å²) in [7, 11) is 0. The van der Waals surface area contributed by atoms with Gasteiger partial charge in [-0.25, -0.2) is 4.39 Å². The van der Waals surface area contributed by atoms with Crippen molar-refractivity contribution in [2.75, 3.05) is 29.4 Å². The molecular formula is C15H17FN2O3. The highest BCUT2D eigenvalue weighted by atomic mass is 19.1. The Balaban J connectivity index is 1.82. The molecule has 2 aliphatic rings. The number of nitrogens with zero attached hydrogens (tertiary/aromatic N) is 2. The van der Waals surface area contributed by atoms with Crippen LogP contribution in [-0.2, 0) is 9.59 Å². The van der Waals surface area contributed by atoms with Gasteiger partial charge < -0.3 is 14.9 Å². The van der Waals surface area contributed by atoms with Crippen molar-refractivity contribution in [3.63, 3.8) is 0 Å². The molecule has 112 valence electrons. The summed E-state index contributed by atoms with van der Waals surface area (Å²) < 4.78 is 14.2. The number of rotatable bonds is 3. The minimum absolute atomic E-state index is 0.0230. The number of carboxylic acid groups (broad SMARTS) is 1. The Kier molecular flexibility index (Phi) is 3.53. The number of amides is 1. The lowest BCUT2D eigenvalue weighted by atomic mass is 10.1. The van der Waals surface area contributed by atoms with Crippen molar-refractivity contribution in [1.82, 2.24) is 0 Å². The van der Waals surface area contributed by atoms with Crippen molar-refractivity contribution in [2.24, 2.45) is 5.92 Å². The zero-order chi connectivity index (χ0) is 15.0. The number of hydrogen-bond donors (Lipinski definition) is 1. The summed E-state index contributed by atoms with van der Waals surface area (Å²) in [6.07, 6.45) is 2.10. The van der Waals surface area contributed by atoms with Gasteiger partial charge in [0, 0.05) is 31.7 Å². The van der Waals surface area contributed by atoms with Crippen LogP contribution in [0.2, 0.25) is 0 Å². The molecule has 21 heavy (non-hydrogen) atoms. The Morgan fingerprint density at radius 1 is 1.29 bits per heavy atom. The number of benzene rings is 1. The van der Waals surface area contributed by atoms with Crippen molar-refractivity contribution in [3.8, 4) is 0 Å². The van der Waals surface area contributed by atoms with Gasteiger partial charge in [-0.1, -0.05) is 0 Å². The van der Waals surface area contributed by atoms with E-state index in [0.29, 0.717) is 11.4 Å². The van der Waals surface area contributed by atoms with Crippen LogP contribution in [-0.4, -0.2) is 36.6 Å². The van der Waals surface area contributed by atoms with Crippen LogP contribution in [0.25, 0.3) is 0 Å². The highest BCUT2D eigenvalue weighted by Crippen LogP contribution is 2.30. The van der Waals surface area contributed by atoms with E-state index in [4.69, 9.17) is 5.11 Å². The minimum Gasteiger partial charge on any atom is -0.481 e. The van der Waals surface area contributed by atoms with Gasteiger partial charge in [-0.15, -0.1) is 0 Å². The first-order valence-electron chi connectivity index (χ1n) is 7.14. The Labute approximate surface area is 122 Å². The van der Waals surface area contributed by atoms with Gasteiger partial charge in [0.05, 0.1) is 11.6 Å². The lowest BCUT2D eigenvalue weighted by Crippen LogP contribution is -2.26. The van der Waals surface area contributed by atoms with Crippen molar-refractivity contribution < 1.29 is 19.1 Å². The second-order valence-corrected chi connectivity index (χ2v) is 5.57. The summed E-state index contributed by atoms with van der Waals surface area (Å²) in [6, 6.07) is 4.70. The number of anilines is 2. The molecule has 2 fully saturated rings. The normalized spacial score (nSPS) is 22.1. The SMILES string of the molecule is O=C(O)C1CC(=O)N(c2ccc(N3CCCC3)c(F)c2)C1. The van der Waals surface area contributed by atoms with Crippen molar-refractivity contribution >= 4 is 23.3 Å². The van der Waals surface area contributed by atoms with Crippen LogP contribution in [0.1, 0.15) is 19.3 Å². The number of carbonyl (C=O) groups excluding carboxylic acids is 1. The average molecular weight is 292 g/mol. The van der Waals surface area contributed by atoms with Gasteiger partial charge in [-0.05, 0) is 31.0 Å². The van der Waals surface area contributed by atoms with Gasteiger partial charge >= 0.3 is 5.97 Å². The molecule has 1 unspecified atom stereocenters.